The fourth-order valence-corrected chi connectivity index (χ4v) is 3.35. The average Bonchev–Trinajstić information content (AvgIpc) is 3.25. The third kappa shape index (κ3) is 2.68. The molecule has 4 rings (SSSR count). The largest absolute Gasteiger partial charge is 0.363 e. The van der Waals surface area contributed by atoms with E-state index in [1.165, 1.54) is 11.1 Å². The summed E-state index contributed by atoms with van der Waals surface area (Å²) < 4.78 is 4.76. The van der Waals surface area contributed by atoms with E-state index in [1.807, 2.05) is 49.4 Å². The summed E-state index contributed by atoms with van der Waals surface area (Å²) in [6, 6.07) is 15.1. The van der Waals surface area contributed by atoms with E-state index in [0.29, 0.717) is 11.4 Å². The highest BCUT2D eigenvalue weighted by Crippen LogP contribution is 2.30. The van der Waals surface area contributed by atoms with Crippen LogP contribution in [0.4, 0.5) is 5.82 Å². The van der Waals surface area contributed by atoms with Gasteiger partial charge in [0.2, 0.25) is 0 Å². The maximum Gasteiger partial charge on any atom is 0.257 e. The van der Waals surface area contributed by atoms with Crippen LogP contribution in [0.1, 0.15) is 15.2 Å². The van der Waals surface area contributed by atoms with Crippen LogP contribution >= 0.6 is 11.3 Å². The Hall–Kier alpha value is -2.99. The van der Waals surface area contributed by atoms with E-state index in [2.05, 4.69) is 10.5 Å². The molecule has 5 nitrogen and oxygen atoms in total. The Balaban J connectivity index is 1.84. The molecule has 1 N–H and O–H groups in total. The van der Waals surface area contributed by atoms with Crippen molar-refractivity contribution in [3.8, 4) is 10.6 Å². The Morgan fingerprint density at radius 1 is 1.17 bits per heavy atom. The molecular weight excluding hydrogens is 322 g/mol. The van der Waals surface area contributed by atoms with Crippen molar-refractivity contribution in [3.63, 3.8) is 0 Å². The summed E-state index contributed by atoms with van der Waals surface area (Å²) >= 11 is 1.65. The van der Waals surface area contributed by atoms with Gasteiger partial charge < -0.3 is 9.84 Å². The van der Waals surface area contributed by atoms with Gasteiger partial charge in [-0.3, -0.25) is 4.79 Å². The fourth-order valence-electron chi connectivity index (χ4n) is 2.52. The first-order valence-corrected chi connectivity index (χ1v) is 8.21. The molecule has 0 aliphatic rings. The predicted octanol–water partition coefficient (Wildman–Crippen LogP) is 4.51. The van der Waals surface area contributed by atoms with Crippen LogP contribution in [0.5, 0.6) is 0 Å². The number of aromatic nitrogens is 2. The molecular formula is C18H13N3O2S. The quantitative estimate of drug-likeness (QED) is 0.598. The monoisotopic (exact) mass is 335 g/mol. The van der Waals surface area contributed by atoms with Crippen LogP contribution in [-0.2, 0) is 0 Å². The number of thiophene rings is 1. The predicted molar refractivity (Wildman–Crippen MR) is 94.2 cm³/mol. The number of carbonyl (C=O) groups excluding carboxylic acids is 1. The summed E-state index contributed by atoms with van der Waals surface area (Å²) in [5.74, 6) is 0.145. The second kappa shape index (κ2) is 5.90. The Kier molecular flexibility index (Phi) is 3.59. The van der Waals surface area contributed by atoms with Gasteiger partial charge in [0.15, 0.2) is 5.82 Å². The minimum absolute atomic E-state index is 0.239. The highest BCUT2D eigenvalue weighted by molar-refractivity contribution is 7.15. The summed E-state index contributed by atoms with van der Waals surface area (Å²) in [5, 5.41) is 7.27. The second-order valence-electron chi connectivity index (χ2n) is 5.32. The van der Waals surface area contributed by atoms with Crippen molar-refractivity contribution < 1.29 is 9.32 Å². The molecule has 0 fully saturated rings. The first kappa shape index (κ1) is 14.6. The Bertz CT molecular complexity index is 1020. The summed E-state index contributed by atoms with van der Waals surface area (Å²) in [4.78, 5) is 19.6. The fraction of sp³-hybridized carbons (Fsp3) is 0.0556. The van der Waals surface area contributed by atoms with Gasteiger partial charge in [-0.25, -0.2) is 4.98 Å². The molecule has 0 bridgehead atoms. The van der Waals surface area contributed by atoms with Crippen molar-refractivity contribution in [3.05, 3.63) is 65.2 Å². The van der Waals surface area contributed by atoms with Crippen LogP contribution < -0.4 is 5.32 Å². The maximum atomic E-state index is 12.7. The van der Waals surface area contributed by atoms with E-state index in [0.717, 1.165) is 21.5 Å². The lowest BCUT2D eigenvalue weighted by Crippen LogP contribution is -2.13. The summed E-state index contributed by atoms with van der Waals surface area (Å²) in [6.45, 7) is 2.05. The molecule has 24 heavy (non-hydrogen) atoms. The van der Waals surface area contributed by atoms with E-state index in [4.69, 9.17) is 9.51 Å². The number of carbonyl (C=O) groups is 1. The van der Waals surface area contributed by atoms with Gasteiger partial charge in [0.1, 0.15) is 6.26 Å². The van der Waals surface area contributed by atoms with Crippen molar-refractivity contribution in [2.45, 2.75) is 6.92 Å². The molecule has 0 atom stereocenters. The number of nitrogens with one attached hydrogen (secondary N) is 1. The molecule has 0 radical (unpaired) electrons. The minimum atomic E-state index is -0.239. The van der Waals surface area contributed by atoms with Crippen LogP contribution in [0.2, 0.25) is 0 Å². The van der Waals surface area contributed by atoms with Gasteiger partial charge in [-0.05, 0) is 31.2 Å². The van der Waals surface area contributed by atoms with E-state index in [1.54, 1.807) is 17.4 Å². The zero-order chi connectivity index (χ0) is 16.5. The van der Waals surface area contributed by atoms with Gasteiger partial charge in [-0.1, -0.05) is 23.4 Å². The number of amides is 1. The van der Waals surface area contributed by atoms with E-state index in [9.17, 15) is 4.79 Å². The van der Waals surface area contributed by atoms with Crippen molar-refractivity contribution in [2.24, 2.45) is 0 Å². The number of fused-ring (bicyclic) bond motifs is 1. The molecule has 1 amide bonds. The van der Waals surface area contributed by atoms with Gasteiger partial charge in [-0.15, -0.1) is 11.3 Å². The zero-order valence-electron chi connectivity index (χ0n) is 12.8. The summed E-state index contributed by atoms with van der Waals surface area (Å²) in [6.07, 6.45) is 1.42. The number of nitrogens with zero attached hydrogens (tertiary/aromatic N) is 2. The Morgan fingerprint density at radius 3 is 2.79 bits per heavy atom. The number of pyridine rings is 1. The molecule has 0 saturated heterocycles. The van der Waals surface area contributed by atoms with Crippen molar-refractivity contribution in [2.75, 3.05) is 5.32 Å². The van der Waals surface area contributed by atoms with Gasteiger partial charge in [0, 0.05) is 16.3 Å². The number of anilines is 1. The van der Waals surface area contributed by atoms with Gasteiger partial charge >= 0.3 is 0 Å². The molecule has 0 aliphatic heterocycles. The van der Waals surface area contributed by atoms with Crippen LogP contribution in [0.3, 0.4) is 0 Å². The molecule has 0 unspecified atom stereocenters. The van der Waals surface area contributed by atoms with Gasteiger partial charge in [-0.2, -0.15) is 0 Å². The Labute approximate surface area is 141 Å². The highest BCUT2D eigenvalue weighted by Gasteiger charge is 2.15. The molecule has 0 spiro atoms. The molecule has 6 heteroatoms. The Morgan fingerprint density at radius 2 is 2.04 bits per heavy atom. The number of rotatable bonds is 3. The van der Waals surface area contributed by atoms with Crippen molar-refractivity contribution >= 4 is 34.0 Å². The SMILES string of the molecule is Cc1ccc(-c2cc(C(=O)Nc3ccon3)c3ccccc3n2)s1. The van der Waals surface area contributed by atoms with E-state index in [-0.39, 0.29) is 5.91 Å². The third-order valence-electron chi connectivity index (χ3n) is 3.63. The van der Waals surface area contributed by atoms with Crippen molar-refractivity contribution in [1.82, 2.24) is 10.1 Å². The summed E-state index contributed by atoms with van der Waals surface area (Å²) in [5.41, 5.74) is 2.13. The summed E-state index contributed by atoms with van der Waals surface area (Å²) in [7, 11) is 0. The first-order valence-electron chi connectivity index (χ1n) is 7.39. The number of hydrogen-bond acceptors (Lipinski definition) is 5. The number of benzene rings is 1. The molecule has 1 aromatic carbocycles. The normalized spacial score (nSPS) is 10.9. The average molecular weight is 335 g/mol. The van der Waals surface area contributed by atoms with Crippen LogP contribution in [0.25, 0.3) is 21.5 Å². The minimum Gasteiger partial charge on any atom is -0.363 e. The van der Waals surface area contributed by atoms with Gasteiger partial charge in [0.25, 0.3) is 5.91 Å². The molecule has 3 heterocycles. The van der Waals surface area contributed by atoms with Crippen molar-refractivity contribution in [1.29, 1.82) is 0 Å². The lowest BCUT2D eigenvalue weighted by atomic mass is 10.1. The standard InChI is InChI=1S/C18H13N3O2S/c1-11-6-7-16(24-11)15-10-13(12-4-2-3-5-14(12)19-15)18(22)20-17-8-9-23-21-17/h2-10H,1H3,(H,20,21,22). The lowest BCUT2D eigenvalue weighted by Gasteiger charge is -2.08. The highest BCUT2D eigenvalue weighted by atomic mass is 32.1. The van der Waals surface area contributed by atoms with Crippen LogP contribution in [-0.4, -0.2) is 16.0 Å². The second-order valence-corrected chi connectivity index (χ2v) is 6.61. The number of hydrogen-bond donors (Lipinski definition) is 1. The van der Waals surface area contributed by atoms with Crippen LogP contribution in [0, 0.1) is 6.92 Å². The molecule has 4 aromatic rings. The third-order valence-corrected chi connectivity index (χ3v) is 4.66. The van der Waals surface area contributed by atoms with Crippen LogP contribution in [0.15, 0.2) is 59.3 Å². The zero-order valence-corrected chi connectivity index (χ0v) is 13.6. The molecule has 0 saturated carbocycles. The first-order chi connectivity index (χ1) is 11.7. The van der Waals surface area contributed by atoms with E-state index < -0.39 is 0 Å². The molecule has 118 valence electrons. The number of para-hydroxylation sites is 1. The lowest BCUT2D eigenvalue weighted by molar-refractivity contribution is 0.102. The maximum absolute atomic E-state index is 12.7. The number of aryl methyl sites for hydroxylation is 1. The van der Waals surface area contributed by atoms with E-state index >= 15 is 0 Å². The molecule has 0 aliphatic carbocycles. The van der Waals surface area contributed by atoms with Gasteiger partial charge in [0.05, 0.1) is 21.7 Å². The topological polar surface area (TPSA) is 68.0 Å². The molecule has 3 aromatic heterocycles. The smallest absolute Gasteiger partial charge is 0.257 e.